The first-order valence-corrected chi connectivity index (χ1v) is 7.90. The van der Waals surface area contributed by atoms with E-state index in [1.165, 1.54) is 0 Å². The average Bonchev–Trinajstić information content (AvgIpc) is 3.02. The summed E-state index contributed by atoms with van der Waals surface area (Å²) in [6.45, 7) is 1.42. The van der Waals surface area contributed by atoms with Gasteiger partial charge in [-0.05, 0) is 42.5 Å². The molecule has 112 valence electrons. The molecule has 5 heteroatoms. The number of aliphatic hydroxyl groups is 1. The van der Waals surface area contributed by atoms with E-state index in [-0.39, 0.29) is 17.9 Å². The van der Waals surface area contributed by atoms with Crippen LogP contribution >= 0.6 is 23.2 Å². The molecule has 3 rings (SSSR count). The van der Waals surface area contributed by atoms with E-state index in [2.05, 4.69) is 0 Å². The normalized spacial score (nSPS) is 28.3. The van der Waals surface area contributed by atoms with Crippen LogP contribution in [0.2, 0.25) is 10.0 Å². The number of fused-ring (bicyclic) bond motifs is 1. The summed E-state index contributed by atoms with van der Waals surface area (Å²) >= 11 is 11.8. The van der Waals surface area contributed by atoms with Gasteiger partial charge in [0.15, 0.2) is 0 Å². The molecular formula is C16H17Cl2NO2. The summed E-state index contributed by atoms with van der Waals surface area (Å²) in [5.41, 5.74) is 0.845. The Bertz CT molecular complexity index is 588. The Morgan fingerprint density at radius 3 is 2.76 bits per heavy atom. The van der Waals surface area contributed by atoms with E-state index in [9.17, 15) is 9.90 Å². The molecule has 2 aliphatic rings. The molecule has 1 N–H and O–H groups in total. The van der Waals surface area contributed by atoms with Crippen LogP contribution in [0.4, 0.5) is 0 Å². The number of likely N-dealkylation sites (tertiary alicyclic amines) is 1. The maximum absolute atomic E-state index is 12.2. The number of aliphatic hydroxyl groups excluding tert-OH is 1. The molecule has 3 unspecified atom stereocenters. The van der Waals surface area contributed by atoms with Crippen LogP contribution in [-0.2, 0) is 4.79 Å². The predicted molar refractivity (Wildman–Crippen MR) is 84.3 cm³/mol. The van der Waals surface area contributed by atoms with Crippen LogP contribution < -0.4 is 0 Å². The molecule has 1 saturated heterocycles. The lowest BCUT2D eigenvalue weighted by atomic mass is 10.00. The van der Waals surface area contributed by atoms with Gasteiger partial charge in [0, 0.05) is 25.1 Å². The molecule has 1 heterocycles. The predicted octanol–water partition coefficient (Wildman–Crippen LogP) is 3.24. The van der Waals surface area contributed by atoms with Gasteiger partial charge >= 0.3 is 0 Å². The fraction of sp³-hybridized carbons (Fsp3) is 0.438. The molecule has 1 aromatic rings. The van der Waals surface area contributed by atoms with E-state index in [1.807, 2.05) is 11.0 Å². The van der Waals surface area contributed by atoms with Crippen molar-refractivity contribution in [3.05, 3.63) is 39.9 Å². The van der Waals surface area contributed by atoms with Crippen molar-refractivity contribution in [2.45, 2.75) is 18.9 Å². The fourth-order valence-electron chi connectivity index (χ4n) is 3.31. The second-order valence-corrected chi connectivity index (χ2v) is 6.63. The third-order valence-electron chi connectivity index (χ3n) is 4.49. The summed E-state index contributed by atoms with van der Waals surface area (Å²) in [7, 11) is 0. The van der Waals surface area contributed by atoms with Gasteiger partial charge in [0.05, 0.1) is 16.1 Å². The highest BCUT2D eigenvalue weighted by atomic mass is 35.5. The van der Waals surface area contributed by atoms with Crippen molar-refractivity contribution in [3.8, 4) is 0 Å². The van der Waals surface area contributed by atoms with Crippen molar-refractivity contribution >= 4 is 35.2 Å². The maximum Gasteiger partial charge on any atom is 0.246 e. The SMILES string of the molecule is O=C(/C=C/c1ccc(Cl)c(Cl)c1)N1CC2CCC(O)C2C1. The summed E-state index contributed by atoms with van der Waals surface area (Å²) in [5.74, 6) is 0.706. The number of carbonyl (C=O) groups is 1. The number of hydrogen-bond acceptors (Lipinski definition) is 2. The van der Waals surface area contributed by atoms with Crippen LogP contribution in [0.3, 0.4) is 0 Å². The van der Waals surface area contributed by atoms with Crippen LogP contribution in [0.25, 0.3) is 6.08 Å². The topological polar surface area (TPSA) is 40.5 Å². The smallest absolute Gasteiger partial charge is 0.246 e. The van der Waals surface area contributed by atoms with Gasteiger partial charge in [0.25, 0.3) is 0 Å². The Kier molecular flexibility index (Phi) is 4.25. The molecule has 2 fully saturated rings. The lowest BCUT2D eigenvalue weighted by Gasteiger charge is -2.16. The zero-order valence-electron chi connectivity index (χ0n) is 11.5. The summed E-state index contributed by atoms with van der Waals surface area (Å²) in [6, 6.07) is 5.27. The first-order chi connectivity index (χ1) is 10.0. The van der Waals surface area contributed by atoms with E-state index < -0.39 is 0 Å². The highest BCUT2D eigenvalue weighted by molar-refractivity contribution is 6.42. The van der Waals surface area contributed by atoms with E-state index in [0.717, 1.165) is 24.9 Å². The van der Waals surface area contributed by atoms with Gasteiger partial charge in [-0.1, -0.05) is 29.3 Å². The molecule has 0 radical (unpaired) electrons. The largest absolute Gasteiger partial charge is 0.393 e. The second-order valence-electron chi connectivity index (χ2n) is 5.82. The second kappa shape index (κ2) is 5.99. The Hall–Kier alpha value is -1.03. The number of nitrogens with zero attached hydrogens (tertiary/aromatic N) is 1. The van der Waals surface area contributed by atoms with E-state index in [4.69, 9.17) is 23.2 Å². The third kappa shape index (κ3) is 3.10. The molecule has 1 saturated carbocycles. The van der Waals surface area contributed by atoms with Crippen LogP contribution in [-0.4, -0.2) is 35.1 Å². The minimum Gasteiger partial charge on any atom is -0.393 e. The van der Waals surface area contributed by atoms with Gasteiger partial charge in [-0.3, -0.25) is 4.79 Å². The van der Waals surface area contributed by atoms with Gasteiger partial charge < -0.3 is 10.0 Å². The number of amides is 1. The Morgan fingerprint density at radius 2 is 2.05 bits per heavy atom. The van der Waals surface area contributed by atoms with Crippen LogP contribution in [0.1, 0.15) is 18.4 Å². The fourth-order valence-corrected chi connectivity index (χ4v) is 3.61. The Labute approximate surface area is 134 Å². The highest BCUT2D eigenvalue weighted by Crippen LogP contribution is 2.38. The van der Waals surface area contributed by atoms with Crippen LogP contribution in [0, 0.1) is 11.8 Å². The number of carbonyl (C=O) groups excluding carboxylic acids is 1. The zero-order valence-corrected chi connectivity index (χ0v) is 13.0. The number of rotatable bonds is 2. The Morgan fingerprint density at radius 1 is 1.24 bits per heavy atom. The number of halogens is 2. The monoisotopic (exact) mass is 325 g/mol. The summed E-state index contributed by atoms with van der Waals surface area (Å²) in [5, 5.41) is 10.9. The third-order valence-corrected chi connectivity index (χ3v) is 5.23. The quantitative estimate of drug-likeness (QED) is 0.848. The summed E-state index contributed by atoms with van der Waals surface area (Å²) in [4.78, 5) is 14.0. The van der Waals surface area contributed by atoms with Crippen molar-refractivity contribution in [2.75, 3.05) is 13.1 Å². The van der Waals surface area contributed by atoms with Crippen LogP contribution in [0.15, 0.2) is 24.3 Å². The first kappa shape index (κ1) is 14.9. The van der Waals surface area contributed by atoms with Gasteiger partial charge in [-0.15, -0.1) is 0 Å². The standard InChI is InChI=1S/C16H17Cl2NO2/c17-13-4-1-10(7-14(13)18)2-6-16(21)19-8-11-3-5-15(20)12(11)9-19/h1-2,4,6-7,11-12,15,20H,3,5,8-9H2/b6-2+. The Balaban J connectivity index is 1.64. The van der Waals surface area contributed by atoms with Gasteiger partial charge in [-0.25, -0.2) is 0 Å². The van der Waals surface area contributed by atoms with Crippen molar-refractivity contribution in [2.24, 2.45) is 11.8 Å². The van der Waals surface area contributed by atoms with Gasteiger partial charge in [0.1, 0.15) is 0 Å². The molecule has 3 atom stereocenters. The lowest BCUT2D eigenvalue weighted by molar-refractivity contribution is -0.125. The van der Waals surface area contributed by atoms with E-state index in [1.54, 1.807) is 24.3 Å². The number of hydrogen-bond donors (Lipinski definition) is 1. The van der Waals surface area contributed by atoms with E-state index >= 15 is 0 Å². The molecular weight excluding hydrogens is 309 g/mol. The summed E-state index contributed by atoms with van der Waals surface area (Å²) < 4.78 is 0. The lowest BCUT2D eigenvalue weighted by Crippen LogP contribution is -2.29. The van der Waals surface area contributed by atoms with Gasteiger partial charge in [-0.2, -0.15) is 0 Å². The molecule has 1 aromatic carbocycles. The van der Waals surface area contributed by atoms with Crippen molar-refractivity contribution in [1.82, 2.24) is 4.90 Å². The molecule has 21 heavy (non-hydrogen) atoms. The maximum atomic E-state index is 12.2. The highest BCUT2D eigenvalue weighted by Gasteiger charge is 2.42. The molecule has 0 aromatic heterocycles. The van der Waals surface area contributed by atoms with E-state index in [0.29, 0.717) is 22.5 Å². The minimum absolute atomic E-state index is 0.0114. The zero-order chi connectivity index (χ0) is 15.0. The van der Waals surface area contributed by atoms with Crippen LogP contribution in [0.5, 0.6) is 0 Å². The molecule has 1 amide bonds. The molecule has 3 nitrogen and oxygen atoms in total. The molecule has 1 aliphatic heterocycles. The first-order valence-electron chi connectivity index (χ1n) is 7.14. The molecule has 1 aliphatic carbocycles. The number of benzene rings is 1. The van der Waals surface area contributed by atoms with Crippen molar-refractivity contribution in [1.29, 1.82) is 0 Å². The van der Waals surface area contributed by atoms with Crippen molar-refractivity contribution in [3.63, 3.8) is 0 Å². The van der Waals surface area contributed by atoms with Crippen molar-refractivity contribution < 1.29 is 9.90 Å². The van der Waals surface area contributed by atoms with Gasteiger partial charge in [0.2, 0.25) is 5.91 Å². The summed E-state index contributed by atoms with van der Waals surface area (Å²) in [6.07, 6.45) is 4.96. The average molecular weight is 326 g/mol. The molecule has 0 spiro atoms. The molecule has 0 bridgehead atoms. The minimum atomic E-state index is -0.244.